The van der Waals surface area contributed by atoms with Crippen molar-refractivity contribution in [3.8, 4) is 0 Å². The minimum atomic E-state index is 0.292. The number of rotatable bonds is 5. The zero-order valence-corrected chi connectivity index (χ0v) is 13.8. The summed E-state index contributed by atoms with van der Waals surface area (Å²) in [6.07, 6.45) is 0. The average molecular weight is 287 g/mol. The lowest BCUT2D eigenvalue weighted by Gasteiger charge is -2.31. The second kappa shape index (κ2) is 6.64. The van der Waals surface area contributed by atoms with E-state index in [2.05, 4.69) is 75.5 Å². The van der Waals surface area contributed by atoms with Gasteiger partial charge in [0.15, 0.2) is 0 Å². The number of hydrogen-bond acceptors (Lipinski definition) is 2. The van der Waals surface area contributed by atoms with Gasteiger partial charge < -0.3 is 5.32 Å². The lowest BCUT2D eigenvalue weighted by atomic mass is 9.88. The number of benzene rings is 2. The van der Waals surface area contributed by atoms with Crippen LogP contribution >= 0.6 is 11.8 Å². The zero-order valence-electron chi connectivity index (χ0n) is 12.9. The third-order valence-corrected chi connectivity index (χ3v) is 4.72. The molecule has 108 valence electrons. The van der Waals surface area contributed by atoms with Crippen molar-refractivity contribution in [2.24, 2.45) is 5.41 Å². The molecular formula is C18H25NS. The first-order valence-corrected chi connectivity index (χ1v) is 8.34. The molecule has 2 rings (SSSR count). The quantitative estimate of drug-likeness (QED) is 0.780. The monoisotopic (exact) mass is 287 g/mol. The van der Waals surface area contributed by atoms with Crippen molar-refractivity contribution in [2.45, 2.75) is 38.6 Å². The topological polar surface area (TPSA) is 12.0 Å². The third-order valence-electron chi connectivity index (χ3n) is 3.63. The summed E-state index contributed by atoms with van der Waals surface area (Å²) in [4.78, 5) is 1.36. The molecule has 1 nitrogen and oxygen atoms in total. The maximum absolute atomic E-state index is 3.61. The highest BCUT2D eigenvalue weighted by Crippen LogP contribution is 2.28. The molecule has 20 heavy (non-hydrogen) atoms. The van der Waals surface area contributed by atoms with Crippen molar-refractivity contribution in [3.05, 3.63) is 42.5 Å². The number of fused-ring (bicyclic) bond motifs is 1. The lowest BCUT2D eigenvalue weighted by molar-refractivity contribution is 0.295. The van der Waals surface area contributed by atoms with E-state index >= 15 is 0 Å². The van der Waals surface area contributed by atoms with E-state index in [-0.39, 0.29) is 0 Å². The Bertz CT molecular complexity index is 557. The molecule has 0 saturated heterocycles. The lowest BCUT2D eigenvalue weighted by Crippen LogP contribution is -2.42. The molecule has 0 radical (unpaired) electrons. The molecule has 0 bridgehead atoms. The van der Waals surface area contributed by atoms with Gasteiger partial charge in [-0.05, 0) is 34.9 Å². The fraction of sp³-hybridized carbons (Fsp3) is 0.444. The van der Waals surface area contributed by atoms with E-state index in [0.29, 0.717) is 11.5 Å². The summed E-state index contributed by atoms with van der Waals surface area (Å²) in [5.41, 5.74) is 0.292. The van der Waals surface area contributed by atoms with E-state index in [9.17, 15) is 0 Å². The molecule has 1 unspecified atom stereocenters. The maximum Gasteiger partial charge on any atom is 0.0210 e. The average Bonchev–Trinajstić information content (AvgIpc) is 2.42. The highest BCUT2D eigenvalue weighted by atomic mass is 32.2. The van der Waals surface area contributed by atoms with E-state index in [1.165, 1.54) is 15.7 Å². The minimum Gasteiger partial charge on any atom is -0.313 e. The third kappa shape index (κ3) is 4.00. The summed E-state index contributed by atoms with van der Waals surface area (Å²) < 4.78 is 0. The Morgan fingerprint density at radius 1 is 1.05 bits per heavy atom. The van der Waals surface area contributed by atoms with Crippen LogP contribution < -0.4 is 5.32 Å². The zero-order chi connectivity index (χ0) is 14.6. The van der Waals surface area contributed by atoms with Crippen LogP contribution in [-0.2, 0) is 0 Å². The molecule has 2 heteroatoms. The SMILES string of the molecule is CCNC(CSc1ccc2ccccc2c1)C(C)(C)C. The van der Waals surface area contributed by atoms with Crippen molar-refractivity contribution in [2.75, 3.05) is 12.3 Å². The van der Waals surface area contributed by atoms with E-state index in [0.717, 1.165) is 12.3 Å². The second-order valence-electron chi connectivity index (χ2n) is 6.30. The van der Waals surface area contributed by atoms with E-state index in [4.69, 9.17) is 0 Å². The molecule has 1 N–H and O–H groups in total. The first-order valence-electron chi connectivity index (χ1n) is 7.35. The van der Waals surface area contributed by atoms with Crippen LogP contribution in [0.4, 0.5) is 0 Å². The summed E-state index contributed by atoms with van der Waals surface area (Å²) in [6, 6.07) is 15.8. The van der Waals surface area contributed by atoms with Crippen molar-refractivity contribution in [1.29, 1.82) is 0 Å². The van der Waals surface area contributed by atoms with Gasteiger partial charge in [-0.15, -0.1) is 11.8 Å². The molecule has 0 aliphatic carbocycles. The van der Waals surface area contributed by atoms with Gasteiger partial charge in [0, 0.05) is 16.7 Å². The highest BCUT2D eigenvalue weighted by molar-refractivity contribution is 7.99. The Balaban J connectivity index is 2.07. The van der Waals surface area contributed by atoms with Crippen LogP contribution in [-0.4, -0.2) is 18.3 Å². The summed E-state index contributed by atoms with van der Waals surface area (Å²) in [5.74, 6) is 1.11. The van der Waals surface area contributed by atoms with Gasteiger partial charge in [-0.2, -0.15) is 0 Å². The van der Waals surface area contributed by atoms with Gasteiger partial charge in [0.05, 0.1) is 0 Å². The Hall–Kier alpha value is -0.990. The fourth-order valence-corrected chi connectivity index (χ4v) is 3.65. The van der Waals surface area contributed by atoms with E-state index < -0.39 is 0 Å². The first kappa shape index (κ1) is 15.4. The van der Waals surface area contributed by atoms with Crippen LogP contribution in [0.15, 0.2) is 47.4 Å². The molecular weight excluding hydrogens is 262 g/mol. The summed E-state index contributed by atoms with van der Waals surface area (Å²) >= 11 is 1.95. The predicted molar refractivity (Wildman–Crippen MR) is 91.6 cm³/mol. The summed E-state index contributed by atoms with van der Waals surface area (Å²) in [7, 11) is 0. The smallest absolute Gasteiger partial charge is 0.0210 e. The fourth-order valence-electron chi connectivity index (χ4n) is 2.30. The van der Waals surface area contributed by atoms with Crippen molar-refractivity contribution in [3.63, 3.8) is 0 Å². The Kier molecular flexibility index (Phi) is 5.11. The molecule has 0 saturated carbocycles. The van der Waals surface area contributed by atoms with Crippen LogP contribution in [0.2, 0.25) is 0 Å². The Morgan fingerprint density at radius 3 is 2.40 bits per heavy atom. The van der Waals surface area contributed by atoms with Crippen LogP contribution in [0.3, 0.4) is 0 Å². The molecule has 2 aromatic rings. The predicted octanol–water partition coefficient (Wildman–Crippen LogP) is 4.96. The van der Waals surface area contributed by atoms with Gasteiger partial charge in [0.1, 0.15) is 0 Å². The normalized spacial score (nSPS) is 13.6. The minimum absolute atomic E-state index is 0.292. The summed E-state index contributed by atoms with van der Waals surface area (Å²) in [5, 5.41) is 6.25. The Morgan fingerprint density at radius 2 is 1.75 bits per heavy atom. The molecule has 0 aliphatic rings. The molecule has 0 amide bonds. The molecule has 1 atom stereocenters. The molecule has 0 spiro atoms. The molecule has 0 fully saturated rings. The van der Waals surface area contributed by atoms with Gasteiger partial charge >= 0.3 is 0 Å². The molecule has 0 aliphatic heterocycles. The molecule has 0 heterocycles. The second-order valence-corrected chi connectivity index (χ2v) is 7.39. The number of thioether (sulfide) groups is 1. The largest absolute Gasteiger partial charge is 0.313 e. The molecule has 2 aromatic carbocycles. The van der Waals surface area contributed by atoms with Crippen molar-refractivity contribution < 1.29 is 0 Å². The molecule has 0 aromatic heterocycles. The van der Waals surface area contributed by atoms with E-state index in [1.807, 2.05) is 11.8 Å². The van der Waals surface area contributed by atoms with Gasteiger partial charge in [0.2, 0.25) is 0 Å². The van der Waals surface area contributed by atoms with Gasteiger partial charge in [0.25, 0.3) is 0 Å². The highest BCUT2D eigenvalue weighted by Gasteiger charge is 2.23. The van der Waals surface area contributed by atoms with Gasteiger partial charge in [-0.1, -0.05) is 58.0 Å². The van der Waals surface area contributed by atoms with Crippen molar-refractivity contribution in [1.82, 2.24) is 5.32 Å². The van der Waals surface area contributed by atoms with Crippen LogP contribution in [0.25, 0.3) is 10.8 Å². The van der Waals surface area contributed by atoms with Gasteiger partial charge in [-0.25, -0.2) is 0 Å². The first-order chi connectivity index (χ1) is 9.50. The number of nitrogens with one attached hydrogen (secondary N) is 1. The van der Waals surface area contributed by atoms with Crippen LogP contribution in [0.5, 0.6) is 0 Å². The van der Waals surface area contributed by atoms with Crippen LogP contribution in [0, 0.1) is 5.41 Å². The number of hydrogen-bond donors (Lipinski definition) is 1. The standard InChI is InChI=1S/C18H25NS/c1-5-19-17(18(2,3)4)13-20-16-11-10-14-8-6-7-9-15(14)12-16/h6-12,17,19H,5,13H2,1-4H3. The van der Waals surface area contributed by atoms with Crippen LogP contribution in [0.1, 0.15) is 27.7 Å². The maximum atomic E-state index is 3.61. The van der Waals surface area contributed by atoms with E-state index in [1.54, 1.807) is 0 Å². The van der Waals surface area contributed by atoms with Gasteiger partial charge in [-0.3, -0.25) is 0 Å². The summed E-state index contributed by atoms with van der Waals surface area (Å²) in [6.45, 7) is 10.1. The van der Waals surface area contributed by atoms with Crippen molar-refractivity contribution >= 4 is 22.5 Å². The Labute approximate surface area is 127 Å².